The van der Waals surface area contributed by atoms with Gasteiger partial charge in [0.2, 0.25) is 5.78 Å². The van der Waals surface area contributed by atoms with Gasteiger partial charge in [-0.15, -0.1) is 0 Å². The fourth-order valence-corrected chi connectivity index (χ4v) is 3.70. The van der Waals surface area contributed by atoms with E-state index in [1.807, 2.05) is 38.1 Å². The Bertz CT molecular complexity index is 1140. The molecule has 2 aromatic heterocycles. The van der Waals surface area contributed by atoms with Gasteiger partial charge in [0, 0.05) is 29.7 Å². The maximum atomic E-state index is 12.7. The van der Waals surface area contributed by atoms with Gasteiger partial charge in [-0.3, -0.25) is 4.79 Å². The second kappa shape index (κ2) is 10.3. The van der Waals surface area contributed by atoms with E-state index < -0.39 is 5.97 Å². The van der Waals surface area contributed by atoms with Crippen LogP contribution in [0.5, 0.6) is 11.5 Å². The number of nitrogens with zero attached hydrogens (tertiary/aromatic N) is 2. The summed E-state index contributed by atoms with van der Waals surface area (Å²) in [7, 11) is 3.21. The molecule has 7 nitrogen and oxygen atoms in total. The number of rotatable bonds is 9. The number of pyridine rings is 1. The van der Waals surface area contributed by atoms with E-state index >= 15 is 0 Å². The first-order chi connectivity index (χ1) is 15.3. The molecule has 168 valence electrons. The van der Waals surface area contributed by atoms with Gasteiger partial charge in [-0.25, -0.2) is 9.78 Å². The number of aromatic nitrogens is 2. The van der Waals surface area contributed by atoms with Crippen LogP contribution in [0.3, 0.4) is 0 Å². The van der Waals surface area contributed by atoms with E-state index in [1.54, 1.807) is 14.2 Å². The Morgan fingerprint density at radius 2 is 1.78 bits per heavy atom. The topological polar surface area (TPSA) is 79.7 Å². The van der Waals surface area contributed by atoms with Crippen LogP contribution >= 0.6 is 11.6 Å². The third-order valence-electron chi connectivity index (χ3n) is 5.24. The van der Waals surface area contributed by atoms with Crippen molar-refractivity contribution in [2.24, 2.45) is 0 Å². The van der Waals surface area contributed by atoms with Gasteiger partial charge in [0.05, 0.1) is 19.8 Å². The molecule has 0 aliphatic carbocycles. The highest BCUT2D eigenvalue weighted by Gasteiger charge is 2.18. The lowest BCUT2D eigenvalue weighted by Gasteiger charge is -2.12. The smallest absolute Gasteiger partial charge is 0.338 e. The normalized spacial score (nSPS) is 10.7. The quantitative estimate of drug-likeness (QED) is 0.269. The molecule has 3 aromatic rings. The fraction of sp³-hybridized carbons (Fsp3) is 0.292. The maximum absolute atomic E-state index is 12.7. The minimum absolute atomic E-state index is 0.184. The summed E-state index contributed by atoms with van der Waals surface area (Å²) in [5.41, 5.74) is 3.66. The number of esters is 1. The van der Waals surface area contributed by atoms with Crippen LogP contribution in [0.25, 0.3) is 0 Å². The van der Waals surface area contributed by atoms with Crippen LogP contribution in [0.2, 0.25) is 5.15 Å². The number of ether oxygens (including phenoxy) is 3. The highest BCUT2D eigenvalue weighted by molar-refractivity contribution is 6.29. The predicted octanol–water partition coefficient (Wildman–Crippen LogP) is 4.45. The number of halogens is 1. The monoisotopic (exact) mass is 456 g/mol. The van der Waals surface area contributed by atoms with E-state index in [1.165, 1.54) is 18.3 Å². The Morgan fingerprint density at radius 3 is 2.47 bits per heavy atom. The minimum atomic E-state index is -0.620. The number of carbonyl (C=O) groups excluding carboxylic acids is 2. The lowest BCUT2D eigenvalue weighted by Crippen LogP contribution is -2.15. The van der Waals surface area contributed by atoms with E-state index in [2.05, 4.69) is 9.55 Å². The molecule has 0 aliphatic heterocycles. The summed E-state index contributed by atoms with van der Waals surface area (Å²) < 4.78 is 17.9. The van der Waals surface area contributed by atoms with Crippen molar-refractivity contribution in [3.05, 3.63) is 75.8 Å². The van der Waals surface area contributed by atoms with Gasteiger partial charge in [0.15, 0.2) is 18.1 Å². The Morgan fingerprint density at radius 1 is 1.03 bits per heavy atom. The lowest BCUT2D eigenvalue weighted by atomic mass is 10.1. The molecule has 0 bridgehead atoms. The summed E-state index contributed by atoms with van der Waals surface area (Å²) in [4.78, 5) is 28.7. The molecule has 0 unspecified atom stereocenters. The van der Waals surface area contributed by atoms with Gasteiger partial charge in [-0.1, -0.05) is 17.7 Å². The number of methoxy groups -OCH3 is 2. The molecular formula is C24H25ClN2O5. The Labute approximate surface area is 191 Å². The van der Waals surface area contributed by atoms with E-state index in [4.69, 9.17) is 25.8 Å². The fourth-order valence-electron chi connectivity index (χ4n) is 3.53. The molecule has 0 fully saturated rings. The van der Waals surface area contributed by atoms with Crippen LogP contribution in [-0.4, -0.2) is 42.1 Å². The van der Waals surface area contributed by atoms with Crippen LogP contribution in [0, 0.1) is 13.8 Å². The molecule has 1 aromatic carbocycles. The van der Waals surface area contributed by atoms with Gasteiger partial charge >= 0.3 is 5.97 Å². The van der Waals surface area contributed by atoms with Crippen molar-refractivity contribution >= 4 is 23.4 Å². The van der Waals surface area contributed by atoms with Crippen LogP contribution in [0.1, 0.15) is 37.7 Å². The largest absolute Gasteiger partial charge is 0.493 e. The first kappa shape index (κ1) is 23.3. The summed E-state index contributed by atoms with van der Waals surface area (Å²) in [5.74, 6) is 0.481. The summed E-state index contributed by atoms with van der Waals surface area (Å²) in [6, 6.07) is 10.5. The van der Waals surface area contributed by atoms with Crippen molar-refractivity contribution in [1.29, 1.82) is 0 Å². The van der Waals surface area contributed by atoms with Crippen molar-refractivity contribution < 1.29 is 23.8 Å². The first-order valence-corrected chi connectivity index (χ1v) is 10.4. The molecule has 3 rings (SSSR count). The average Bonchev–Trinajstić information content (AvgIpc) is 3.08. The number of aryl methyl sites for hydroxylation is 2. The lowest BCUT2D eigenvalue weighted by molar-refractivity contribution is 0.0474. The molecule has 0 aliphatic rings. The van der Waals surface area contributed by atoms with Crippen molar-refractivity contribution in [3.63, 3.8) is 0 Å². The zero-order valence-corrected chi connectivity index (χ0v) is 19.2. The van der Waals surface area contributed by atoms with Gasteiger partial charge < -0.3 is 18.8 Å². The summed E-state index contributed by atoms with van der Waals surface area (Å²) >= 11 is 5.79. The number of ketones is 1. The molecule has 0 amide bonds. The van der Waals surface area contributed by atoms with Crippen LogP contribution in [-0.2, 0) is 17.7 Å². The number of hydrogen-bond acceptors (Lipinski definition) is 6. The molecule has 0 atom stereocenters. The second-order valence-electron chi connectivity index (χ2n) is 7.24. The van der Waals surface area contributed by atoms with Crippen molar-refractivity contribution in [2.75, 3.05) is 20.8 Å². The van der Waals surface area contributed by atoms with Crippen molar-refractivity contribution in [1.82, 2.24) is 9.55 Å². The standard InChI is InChI=1S/C24H25ClN2O5/c1-15-11-19(20(28)14-32-24(29)18-7-9-26-23(25)13-18)16(2)27(15)10-8-17-5-6-21(30-3)22(12-17)31-4/h5-7,9,11-13H,8,10,14H2,1-4H3. The highest BCUT2D eigenvalue weighted by Crippen LogP contribution is 2.28. The Balaban J connectivity index is 1.66. The maximum Gasteiger partial charge on any atom is 0.338 e. The minimum Gasteiger partial charge on any atom is -0.493 e. The molecule has 0 radical (unpaired) electrons. The van der Waals surface area contributed by atoms with Crippen molar-refractivity contribution in [3.8, 4) is 11.5 Å². The van der Waals surface area contributed by atoms with Crippen LogP contribution < -0.4 is 9.47 Å². The van der Waals surface area contributed by atoms with E-state index in [0.717, 1.165) is 23.4 Å². The Kier molecular flexibility index (Phi) is 7.53. The molecule has 0 N–H and O–H groups in total. The molecule has 0 saturated heterocycles. The third kappa shape index (κ3) is 5.29. The first-order valence-electron chi connectivity index (χ1n) is 10.0. The predicted molar refractivity (Wildman–Crippen MR) is 121 cm³/mol. The SMILES string of the molecule is COc1ccc(CCn2c(C)cc(C(=O)COC(=O)c3ccnc(Cl)c3)c2C)cc1OC. The zero-order chi connectivity index (χ0) is 23.3. The summed E-state index contributed by atoms with van der Waals surface area (Å²) in [6.45, 7) is 4.18. The van der Waals surface area contributed by atoms with E-state index in [0.29, 0.717) is 23.6 Å². The number of hydrogen-bond donors (Lipinski definition) is 0. The third-order valence-corrected chi connectivity index (χ3v) is 5.45. The number of Topliss-reactive ketones (excluding diaryl/α,β-unsaturated/α-hetero) is 1. The molecule has 8 heteroatoms. The molecular weight excluding hydrogens is 432 g/mol. The number of benzene rings is 1. The summed E-state index contributed by atoms with van der Waals surface area (Å²) in [6.07, 6.45) is 2.16. The summed E-state index contributed by atoms with van der Waals surface area (Å²) in [5, 5.41) is 0.184. The molecule has 0 spiro atoms. The van der Waals surface area contributed by atoms with Gasteiger partial charge in [0.1, 0.15) is 5.15 Å². The molecule has 32 heavy (non-hydrogen) atoms. The second-order valence-corrected chi connectivity index (χ2v) is 7.63. The molecule has 2 heterocycles. The van der Waals surface area contributed by atoms with Crippen LogP contribution in [0.4, 0.5) is 0 Å². The van der Waals surface area contributed by atoms with Gasteiger partial charge in [0.25, 0.3) is 0 Å². The Hall–Kier alpha value is -3.32. The highest BCUT2D eigenvalue weighted by atomic mass is 35.5. The molecule has 0 saturated carbocycles. The van der Waals surface area contributed by atoms with Gasteiger partial charge in [-0.05, 0) is 56.2 Å². The van der Waals surface area contributed by atoms with Crippen LogP contribution in [0.15, 0.2) is 42.6 Å². The zero-order valence-electron chi connectivity index (χ0n) is 18.5. The number of carbonyl (C=O) groups is 2. The van der Waals surface area contributed by atoms with Gasteiger partial charge in [-0.2, -0.15) is 0 Å². The average molecular weight is 457 g/mol. The van der Waals surface area contributed by atoms with Crippen molar-refractivity contribution in [2.45, 2.75) is 26.8 Å². The van der Waals surface area contributed by atoms with E-state index in [9.17, 15) is 9.59 Å². The van der Waals surface area contributed by atoms with E-state index in [-0.39, 0.29) is 23.1 Å².